The molecule has 2 heterocycles. The van der Waals surface area contributed by atoms with E-state index in [9.17, 15) is 8.42 Å². The number of hydrogen-bond acceptors (Lipinski definition) is 3. The third-order valence-electron chi connectivity index (χ3n) is 3.76. The summed E-state index contributed by atoms with van der Waals surface area (Å²) in [5.41, 5.74) is 1.65. The Labute approximate surface area is 130 Å². The van der Waals surface area contributed by atoms with Crippen molar-refractivity contribution >= 4 is 10.2 Å². The maximum atomic E-state index is 12.2. The molecule has 1 aromatic heterocycles. The molecule has 22 heavy (non-hydrogen) atoms. The summed E-state index contributed by atoms with van der Waals surface area (Å²) in [6.45, 7) is 1.42. The second kappa shape index (κ2) is 6.60. The van der Waals surface area contributed by atoms with E-state index in [4.69, 9.17) is 0 Å². The van der Waals surface area contributed by atoms with Crippen LogP contribution in [0.5, 0.6) is 0 Å². The summed E-state index contributed by atoms with van der Waals surface area (Å²) in [5, 5.41) is 4.40. The van der Waals surface area contributed by atoms with Gasteiger partial charge in [0.2, 0.25) is 0 Å². The van der Waals surface area contributed by atoms with Gasteiger partial charge in [0.15, 0.2) is 0 Å². The first-order chi connectivity index (χ1) is 10.6. The number of para-hydroxylation sites is 1. The van der Waals surface area contributed by atoms with Gasteiger partial charge in [0.05, 0.1) is 17.9 Å². The van der Waals surface area contributed by atoms with Crippen molar-refractivity contribution in [2.75, 3.05) is 13.1 Å². The molecule has 0 radical (unpaired) electrons. The highest BCUT2D eigenvalue weighted by molar-refractivity contribution is 7.87. The summed E-state index contributed by atoms with van der Waals surface area (Å²) < 4.78 is 30.3. The Morgan fingerprint density at radius 3 is 2.50 bits per heavy atom. The number of nitrogens with one attached hydrogen (secondary N) is 1. The Hall–Kier alpha value is -1.70. The molecule has 0 amide bonds. The SMILES string of the molecule is O=S(=O)(NCc1ccn(-c2ccccc2)n1)N1CCCCC1. The topological polar surface area (TPSA) is 67.2 Å². The predicted molar refractivity (Wildman–Crippen MR) is 84.7 cm³/mol. The van der Waals surface area contributed by atoms with E-state index < -0.39 is 10.2 Å². The van der Waals surface area contributed by atoms with E-state index in [0.29, 0.717) is 18.8 Å². The third-order valence-corrected chi connectivity index (χ3v) is 5.31. The highest BCUT2D eigenvalue weighted by Gasteiger charge is 2.23. The Bertz CT molecular complexity index is 706. The van der Waals surface area contributed by atoms with Gasteiger partial charge in [-0.15, -0.1) is 0 Å². The van der Waals surface area contributed by atoms with E-state index in [-0.39, 0.29) is 6.54 Å². The molecule has 1 fully saturated rings. The molecule has 0 aliphatic carbocycles. The van der Waals surface area contributed by atoms with Gasteiger partial charge in [-0.1, -0.05) is 24.6 Å². The van der Waals surface area contributed by atoms with Gasteiger partial charge in [-0.3, -0.25) is 0 Å². The van der Waals surface area contributed by atoms with Gasteiger partial charge in [-0.25, -0.2) is 4.68 Å². The van der Waals surface area contributed by atoms with Gasteiger partial charge in [0.1, 0.15) is 0 Å². The van der Waals surface area contributed by atoms with Crippen molar-refractivity contribution in [2.45, 2.75) is 25.8 Å². The van der Waals surface area contributed by atoms with Crippen LogP contribution in [0, 0.1) is 0 Å². The molecule has 1 aliphatic heterocycles. The Morgan fingerprint density at radius 2 is 1.77 bits per heavy atom. The second-order valence-corrected chi connectivity index (χ2v) is 7.13. The van der Waals surface area contributed by atoms with E-state index >= 15 is 0 Å². The molecule has 7 heteroatoms. The Kier molecular flexibility index (Phi) is 4.56. The smallest absolute Gasteiger partial charge is 0.241 e. The fourth-order valence-corrected chi connectivity index (χ4v) is 3.79. The number of rotatable bonds is 5. The summed E-state index contributed by atoms with van der Waals surface area (Å²) in [7, 11) is -3.40. The lowest BCUT2D eigenvalue weighted by molar-refractivity contribution is 0.341. The molecular weight excluding hydrogens is 300 g/mol. The minimum absolute atomic E-state index is 0.207. The van der Waals surface area contributed by atoms with Gasteiger partial charge >= 0.3 is 0 Å². The first kappa shape index (κ1) is 15.2. The van der Waals surface area contributed by atoms with Gasteiger partial charge in [0.25, 0.3) is 10.2 Å². The van der Waals surface area contributed by atoms with Gasteiger partial charge in [-0.05, 0) is 31.0 Å². The molecule has 3 rings (SSSR count). The largest absolute Gasteiger partial charge is 0.279 e. The molecular formula is C15H20N4O2S. The normalized spacial score (nSPS) is 16.7. The molecule has 2 aromatic rings. The predicted octanol–water partition coefficient (Wildman–Crippen LogP) is 1.69. The summed E-state index contributed by atoms with van der Waals surface area (Å²) in [6, 6.07) is 11.6. The zero-order chi connectivity index (χ0) is 15.4. The van der Waals surface area contributed by atoms with E-state index in [1.807, 2.05) is 42.6 Å². The summed E-state index contributed by atoms with van der Waals surface area (Å²) in [4.78, 5) is 0. The number of nitrogens with zero attached hydrogens (tertiary/aromatic N) is 3. The van der Waals surface area contributed by atoms with Crippen LogP contribution >= 0.6 is 0 Å². The van der Waals surface area contributed by atoms with Gasteiger partial charge in [-0.2, -0.15) is 22.5 Å². The van der Waals surface area contributed by atoms with E-state index in [1.54, 1.807) is 4.68 Å². The fourth-order valence-electron chi connectivity index (χ4n) is 2.54. The van der Waals surface area contributed by atoms with Crippen molar-refractivity contribution in [3.63, 3.8) is 0 Å². The molecule has 118 valence electrons. The van der Waals surface area contributed by atoms with Crippen molar-refractivity contribution in [3.05, 3.63) is 48.3 Å². The van der Waals surface area contributed by atoms with Gasteiger partial charge in [0, 0.05) is 19.3 Å². The molecule has 0 spiro atoms. The van der Waals surface area contributed by atoms with Crippen LogP contribution in [0.2, 0.25) is 0 Å². The van der Waals surface area contributed by atoms with Crippen LogP contribution in [-0.4, -0.2) is 35.6 Å². The Balaban J connectivity index is 1.63. The number of piperidine rings is 1. The first-order valence-electron chi connectivity index (χ1n) is 7.50. The zero-order valence-corrected chi connectivity index (χ0v) is 13.2. The van der Waals surface area contributed by atoms with E-state index in [0.717, 1.165) is 24.9 Å². The molecule has 1 aliphatic rings. The van der Waals surface area contributed by atoms with E-state index in [2.05, 4.69) is 9.82 Å². The minimum Gasteiger partial charge on any atom is -0.241 e. The number of benzene rings is 1. The summed E-state index contributed by atoms with van der Waals surface area (Å²) in [5.74, 6) is 0. The van der Waals surface area contributed by atoms with Crippen LogP contribution in [-0.2, 0) is 16.8 Å². The first-order valence-corrected chi connectivity index (χ1v) is 8.94. The third kappa shape index (κ3) is 3.55. The molecule has 0 unspecified atom stereocenters. The van der Waals surface area contributed by atoms with Crippen LogP contribution in [0.15, 0.2) is 42.6 Å². The van der Waals surface area contributed by atoms with Crippen LogP contribution in [0.4, 0.5) is 0 Å². The van der Waals surface area contributed by atoms with Crippen LogP contribution in [0.3, 0.4) is 0 Å². The zero-order valence-electron chi connectivity index (χ0n) is 12.4. The quantitative estimate of drug-likeness (QED) is 0.911. The van der Waals surface area contributed by atoms with Crippen molar-refractivity contribution in [3.8, 4) is 5.69 Å². The lowest BCUT2D eigenvalue weighted by Gasteiger charge is -2.25. The molecule has 1 aromatic carbocycles. The molecule has 0 atom stereocenters. The second-order valence-electron chi connectivity index (χ2n) is 5.37. The summed E-state index contributed by atoms with van der Waals surface area (Å²) >= 11 is 0. The average Bonchev–Trinajstić information content (AvgIpc) is 3.04. The van der Waals surface area contributed by atoms with Gasteiger partial charge < -0.3 is 0 Å². The molecule has 1 saturated heterocycles. The maximum Gasteiger partial charge on any atom is 0.279 e. The molecule has 0 saturated carbocycles. The average molecular weight is 320 g/mol. The monoisotopic (exact) mass is 320 g/mol. The molecule has 0 bridgehead atoms. The number of aromatic nitrogens is 2. The summed E-state index contributed by atoms with van der Waals surface area (Å²) in [6.07, 6.45) is 4.81. The standard InChI is InChI=1S/C15H20N4O2S/c20-22(21,18-10-5-2-6-11-18)16-13-14-9-12-19(17-14)15-7-3-1-4-8-15/h1,3-4,7-9,12,16H,2,5-6,10-11,13H2. The lowest BCUT2D eigenvalue weighted by Crippen LogP contribution is -2.43. The van der Waals surface area contributed by atoms with Crippen molar-refractivity contribution < 1.29 is 8.42 Å². The molecule has 1 N–H and O–H groups in total. The van der Waals surface area contributed by atoms with Crippen LogP contribution in [0.1, 0.15) is 25.0 Å². The number of hydrogen-bond donors (Lipinski definition) is 1. The minimum atomic E-state index is -3.40. The maximum absolute atomic E-state index is 12.2. The fraction of sp³-hybridized carbons (Fsp3) is 0.400. The highest BCUT2D eigenvalue weighted by Crippen LogP contribution is 2.12. The Morgan fingerprint density at radius 1 is 1.05 bits per heavy atom. The van der Waals surface area contributed by atoms with Crippen molar-refractivity contribution in [1.29, 1.82) is 0 Å². The van der Waals surface area contributed by atoms with Crippen molar-refractivity contribution in [1.82, 2.24) is 18.8 Å². The van der Waals surface area contributed by atoms with Crippen LogP contribution in [0.25, 0.3) is 5.69 Å². The van der Waals surface area contributed by atoms with Crippen LogP contribution < -0.4 is 4.72 Å². The lowest BCUT2D eigenvalue weighted by atomic mass is 10.2. The molecule has 6 nitrogen and oxygen atoms in total. The highest BCUT2D eigenvalue weighted by atomic mass is 32.2. The van der Waals surface area contributed by atoms with Crippen molar-refractivity contribution in [2.24, 2.45) is 0 Å². The van der Waals surface area contributed by atoms with E-state index in [1.165, 1.54) is 4.31 Å².